The molecule has 0 unspecified atom stereocenters. The second-order valence-corrected chi connectivity index (χ2v) is 5.19. The second kappa shape index (κ2) is 10.4. The number of non-ortho nitro benzene ring substituents is 1. The number of hydrogen-bond donors (Lipinski definition) is 7. The van der Waals surface area contributed by atoms with Crippen LogP contribution in [0.2, 0.25) is 0 Å². The van der Waals surface area contributed by atoms with Crippen molar-refractivity contribution in [2.75, 3.05) is 18.5 Å². The Hall–Kier alpha value is -2.64. The van der Waals surface area contributed by atoms with Crippen LogP contribution in [0.3, 0.4) is 0 Å². The lowest BCUT2D eigenvalue weighted by atomic mass is 10.0. The van der Waals surface area contributed by atoms with E-state index < -0.39 is 41.9 Å². The van der Waals surface area contributed by atoms with Crippen molar-refractivity contribution >= 4 is 23.5 Å². The highest BCUT2D eigenvalue weighted by molar-refractivity contribution is 5.81. The third-order valence-corrected chi connectivity index (χ3v) is 3.23. The first-order valence-corrected chi connectivity index (χ1v) is 7.39. The Morgan fingerprint density at radius 1 is 1.19 bits per heavy atom. The zero-order valence-electron chi connectivity index (χ0n) is 13.5. The first-order chi connectivity index (χ1) is 12.3. The van der Waals surface area contributed by atoms with E-state index in [0.717, 1.165) is 6.21 Å². The molecule has 0 aliphatic rings. The van der Waals surface area contributed by atoms with Crippen molar-refractivity contribution in [3.05, 3.63) is 34.4 Å². The van der Waals surface area contributed by atoms with E-state index in [1.807, 2.05) is 5.43 Å². The first-order valence-electron chi connectivity index (χ1n) is 7.39. The van der Waals surface area contributed by atoms with Gasteiger partial charge in [0.25, 0.3) is 11.6 Å². The van der Waals surface area contributed by atoms with Crippen LogP contribution in [0.15, 0.2) is 29.4 Å². The van der Waals surface area contributed by atoms with Crippen LogP contribution >= 0.6 is 0 Å². The summed E-state index contributed by atoms with van der Waals surface area (Å²) in [5, 5.41) is 62.9. The van der Waals surface area contributed by atoms with E-state index in [4.69, 9.17) is 10.2 Å². The molecule has 0 bridgehead atoms. The summed E-state index contributed by atoms with van der Waals surface area (Å²) in [5.41, 5.74) is 2.42. The predicted octanol–water partition coefficient (Wildman–Crippen LogP) is -2.46. The molecule has 1 aromatic carbocycles. The average molecular weight is 372 g/mol. The summed E-state index contributed by atoms with van der Waals surface area (Å²) in [4.78, 5) is 21.5. The molecule has 0 aliphatic carbocycles. The second-order valence-electron chi connectivity index (χ2n) is 5.19. The van der Waals surface area contributed by atoms with Gasteiger partial charge in [-0.2, -0.15) is 5.10 Å². The molecule has 26 heavy (non-hydrogen) atoms. The number of nitro groups is 1. The summed E-state index contributed by atoms with van der Waals surface area (Å²) in [6, 6.07) is 5.37. The van der Waals surface area contributed by atoms with Crippen LogP contribution in [0, 0.1) is 10.1 Å². The topological polar surface area (TPSA) is 198 Å². The van der Waals surface area contributed by atoms with Gasteiger partial charge in [-0.3, -0.25) is 14.9 Å². The van der Waals surface area contributed by atoms with Gasteiger partial charge in [0.2, 0.25) is 0 Å². The summed E-state index contributed by atoms with van der Waals surface area (Å²) < 4.78 is 0. The lowest BCUT2D eigenvalue weighted by Gasteiger charge is -2.23. The van der Waals surface area contributed by atoms with Crippen molar-refractivity contribution in [2.24, 2.45) is 5.10 Å². The smallest absolute Gasteiger partial charge is 0.269 e. The number of aliphatic hydroxyl groups excluding tert-OH is 5. The van der Waals surface area contributed by atoms with Gasteiger partial charge >= 0.3 is 0 Å². The third-order valence-electron chi connectivity index (χ3n) is 3.23. The largest absolute Gasteiger partial charge is 0.394 e. The zero-order valence-corrected chi connectivity index (χ0v) is 13.5. The van der Waals surface area contributed by atoms with Gasteiger partial charge in [-0.1, -0.05) is 0 Å². The van der Waals surface area contributed by atoms with Crippen molar-refractivity contribution in [1.82, 2.24) is 5.43 Å². The number of nitrogens with zero attached hydrogens (tertiary/aromatic N) is 2. The van der Waals surface area contributed by atoms with Crippen LogP contribution in [0.4, 0.5) is 11.4 Å². The number of nitro benzene ring substituents is 1. The van der Waals surface area contributed by atoms with E-state index in [9.17, 15) is 30.2 Å². The van der Waals surface area contributed by atoms with Gasteiger partial charge in [0.1, 0.15) is 24.4 Å². The van der Waals surface area contributed by atoms with Gasteiger partial charge in [-0.25, -0.2) is 5.43 Å². The minimum atomic E-state index is -1.82. The normalized spacial score (nSPS) is 15.9. The molecule has 1 aromatic rings. The van der Waals surface area contributed by atoms with Crippen LogP contribution in [-0.2, 0) is 4.79 Å². The Kier molecular flexibility index (Phi) is 8.54. The van der Waals surface area contributed by atoms with Gasteiger partial charge < -0.3 is 30.8 Å². The molecule has 0 saturated heterocycles. The highest BCUT2D eigenvalue weighted by atomic mass is 16.6. The minimum Gasteiger partial charge on any atom is -0.394 e. The standard InChI is InChI=1S/C14H20N4O8/c19-7-11(21)14(24)13(23)10(20)5-16-17-12(22)6-15-8-1-3-9(4-2-8)18(25)26/h1-5,10-11,13-15,19-21,23-24H,6-7H2,(H,17,22)/b16-5+/t10-,11-,13-,14-/m1/s1. The lowest BCUT2D eigenvalue weighted by molar-refractivity contribution is -0.384. The first kappa shape index (κ1) is 21.4. The maximum atomic E-state index is 11.6. The summed E-state index contributed by atoms with van der Waals surface area (Å²) in [5.74, 6) is -0.614. The predicted molar refractivity (Wildman–Crippen MR) is 89.3 cm³/mol. The highest BCUT2D eigenvalue weighted by Crippen LogP contribution is 2.14. The Balaban J connectivity index is 2.41. The molecule has 1 amide bonds. The molecule has 0 aromatic heterocycles. The fraction of sp³-hybridized carbons (Fsp3) is 0.429. The Bertz CT molecular complexity index is 624. The van der Waals surface area contributed by atoms with Gasteiger partial charge in [0.05, 0.1) is 24.3 Å². The molecule has 0 spiro atoms. The number of hydrogen-bond acceptors (Lipinski definition) is 10. The minimum absolute atomic E-state index is 0.0920. The van der Waals surface area contributed by atoms with Crippen LogP contribution < -0.4 is 10.7 Å². The molecular formula is C14H20N4O8. The van der Waals surface area contributed by atoms with E-state index in [2.05, 4.69) is 10.4 Å². The SMILES string of the molecule is O=C(CNc1ccc([N+](=O)[O-])cc1)N/N=C/[C@@H](O)[C@@H](O)[C@H](O)[C@H](O)CO. The summed E-state index contributed by atoms with van der Waals surface area (Å²) in [6.07, 6.45) is -6.23. The average Bonchev–Trinajstić information content (AvgIpc) is 2.64. The van der Waals surface area contributed by atoms with Crippen molar-refractivity contribution in [3.63, 3.8) is 0 Å². The van der Waals surface area contributed by atoms with Crippen LogP contribution in [0.25, 0.3) is 0 Å². The number of aliphatic hydroxyl groups is 5. The maximum Gasteiger partial charge on any atom is 0.269 e. The molecule has 0 aliphatic heterocycles. The molecule has 0 fully saturated rings. The number of rotatable bonds is 10. The molecular weight excluding hydrogens is 352 g/mol. The monoisotopic (exact) mass is 372 g/mol. The molecule has 4 atom stereocenters. The van der Waals surface area contributed by atoms with Crippen LogP contribution in [-0.4, -0.2) is 80.1 Å². The number of carbonyl (C=O) groups excluding carboxylic acids is 1. The van der Waals surface area contributed by atoms with E-state index in [1.54, 1.807) is 0 Å². The molecule has 1 rings (SSSR count). The summed E-state index contributed by atoms with van der Waals surface area (Å²) in [7, 11) is 0. The van der Waals surface area contributed by atoms with Gasteiger partial charge in [0, 0.05) is 17.8 Å². The van der Waals surface area contributed by atoms with Gasteiger partial charge in [-0.15, -0.1) is 0 Å². The molecule has 0 saturated carbocycles. The number of amides is 1. The molecule has 144 valence electrons. The number of benzene rings is 1. The highest BCUT2D eigenvalue weighted by Gasteiger charge is 2.29. The molecule has 7 N–H and O–H groups in total. The zero-order chi connectivity index (χ0) is 19.7. The van der Waals surface area contributed by atoms with Crippen molar-refractivity contribution in [3.8, 4) is 0 Å². The quantitative estimate of drug-likeness (QED) is 0.132. The van der Waals surface area contributed by atoms with Crippen molar-refractivity contribution in [2.45, 2.75) is 24.4 Å². The number of nitrogens with one attached hydrogen (secondary N) is 2. The van der Waals surface area contributed by atoms with Crippen molar-refractivity contribution in [1.29, 1.82) is 0 Å². The van der Waals surface area contributed by atoms with E-state index >= 15 is 0 Å². The number of anilines is 1. The Morgan fingerprint density at radius 3 is 2.35 bits per heavy atom. The Labute approximate surface area is 147 Å². The van der Waals surface area contributed by atoms with Gasteiger partial charge in [0.15, 0.2) is 0 Å². The molecule has 0 heterocycles. The van der Waals surface area contributed by atoms with Gasteiger partial charge in [-0.05, 0) is 12.1 Å². The van der Waals surface area contributed by atoms with Crippen molar-refractivity contribution < 1.29 is 35.3 Å². The summed E-state index contributed by atoms with van der Waals surface area (Å²) in [6.45, 7) is -1.03. The maximum absolute atomic E-state index is 11.6. The fourth-order valence-corrected chi connectivity index (χ4v) is 1.73. The third kappa shape index (κ3) is 6.70. The van der Waals surface area contributed by atoms with Crippen LogP contribution in [0.5, 0.6) is 0 Å². The van der Waals surface area contributed by atoms with E-state index in [0.29, 0.717) is 5.69 Å². The Morgan fingerprint density at radius 2 is 1.81 bits per heavy atom. The fourth-order valence-electron chi connectivity index (χ4n) is 1.73. The van der Waals surface area contributed by atoms with E-state index in [-0.39, 0.29) is 12.2 Å². The van der Waals surface area contributed by atoms with Crippen LogP contribution in [0.1, 0.15) is 0 Å². The summed E-state index contributed by atoms with van der Waals surface area (Å²) >= 11 is 0. The molecule has 12 nitrogen and oxygen atoms in total. The number of hydrazone groups is 1. The molecule has 0 radical (unpaired) electrons. The van der Waals surface area contributed by atoms with E-state index in [1.165, 1.54) is 24.3 Å². The lowest BCUT2D eigenvalue weighted by Crippen LogP contribution is -2.46. The molecule has 12 heteroatoms. The number of carbonyl (C=O) groups is 1.